The van der Waals surface area contributed by atoms with Gasteiger partial charge >= 0.3 is 0 Å². The van der Waals surface area contributed by atoms with E-state index in [1.54, 1.807) is 6.20 Å². The molecular weight excluding hydrogens is 384 g/mol. The smallest absolute Gasteiger partial charge is 0.242 e. The first-order valence-corrected chi connectivity index (χ1v) is 10.8. The first-order chi connectivity index (χ1) is 15.3. The maximum absolute atomic E-state index is 13.2. The molecule has 3 heterocycles. The number of amides is 1. The predicted octanol–water partition coefficient (Wildman–Crippen LogP) is 4.05. The van der Waals surface area contributed by atoms with Gasteiger partial charge in [-0.1, -0.05) is 54.6 Å². The van der Waals surface area contributed by atoms with E-state index in [1.807, 2.05) is 47.5 Å². The summed E-state index contributed by atoms with van der Waals surface area (Å²) in [5, 5.41) is 1.16. The minimum atomic E-state index is 0.180. The van der Waals surface area contributed by atoms with Crippen molar-refractivity contribution in [1.82, 2.24) is 19.4 Å². The number of hydrogen-bond acceptors (Lipinski definition) is 3. The van der Waals surface area contributed by atoms with Gasteiger partial charge in [0.2, 0.25) is 5.91 Å². The molecule has 5 nitrogen and oxygen atoms in total. The van der Waals surface area contributed by atoms with Crippen molar-refractivity contribution in [2.45, 2.75) is 13.1 Å². The van der Waals surface area contributed by atoms with Crippen molar-refractivity contribution in [3.05, 3.63) is 90.8 Å². The van der Waals surface area contributed by atoms with Gasteiger partial charge in [0.1, 0.15) is 6.54 Å². The molecule has 0 bridgehead atoms. The molecule has 156 valence electrons. The number of fused-ring (bicyclic) bond motifs is 1. The van der Waals surface area contributed by atoms with Crippen LogP contribution in [-0.2, 0) is 17.9 Å². The van der Waals surface area contributed by atoms with Crippen LogP contribution < -0.4 is 0 Å². The molecule has 1 amide bonds. The van der Waals surface area contributed by atoms with Crippen LogP contribution in [0.4, 0.5) is 0 Å². The molecule has 0 spiro atoms. The van der Waals surface area contributed by atoms with E-state index >= 15 is 0 Å². The topological polar surface area (TPSA) is 41.4 Å². The van der Waals surface area contributed by atoms with Crippen molar-refractivity contribution in [1.29, 1.82) is 0 Å². The van der Waals surface area contributed by atoms with Crippen molar-refractivity contribution in [3.63, 3.8) is 0 Å². The maximum atomic E-state index is 13.2. The molecule has 0 radical (unpaired) electrons. The number of benzene rings is 2. The highest BCUT2D eigenvalue weighted by molar-refractivity contribution is 5.89. The van der Waals surface area contributed by atoms with Crippen LogP contribution in [0.2, 0.25) is 0 Å². The second kappa shape index (κ2) is 8.74. The summed E-state index contributed by atoms with van der Waals surface area (Å²) in [4.78, 5) is 21.8. The standard InChI is InChI=1S/C26H26N4O/c31-26(29-15-13-28(14-16-29)19-21-7-6-12-27-18-21)20-30-24-11-5-4-10-23(24)17-25(30)22-8-2-1-3-9-22/h1-12,17-18H,13-16,19-20H2. The minimum Gasteiger partial charge on any atom is -0.339 e. The van der Waals surface area contributed by atoms with Crippen molar-refractivity contribution in [2.24, 2.45) is 0 Å². The summed E-state index contributed by atoms with van der Waals surface area (Å²) < 4.78 is 2.16. The number of para-hydroxylation sites is 1. The Morgan fingerprint density at radius 2 is 1.65 bits per heavy atom. The van der Waals surface area contributed by atoms with Crippen LogP contribution in [-0.4, -0.2) is 51.4 Å². The third kappa shape index (κ3) is 4.23. The molecule has 2 aromatic carbocycles. The van der Waals surface area contributed by atoms with Gasteiger partial charge in [-0.25, -0.2) is 0 Å². The lowest BCUT2D eigenvalue weighted by atomic mass is 10.1. The van der Waals surface area contributed by atoms with E-state index in [0.717, 1.165) is 54.9 Å². The van der Waals surface area contributed by atoms with Crippen LogP contribution in [0.1, 0.15) is 5.56 Å². The van der Waals surface area contributed by atoms with E-state index in [-0.39, 0.29) is 5.91 Å². The zero-order chi connectivity index (χ0) is 21.0. The Bertz CT molecular complexity index is 1160. The maximum Gasteiger partial charge on any atom is 0.242 e. The molecular formula is C26H26N4O. The molecule has 0 unspecified atom stereocenters. The second-order valence-corrected chi connectivity index (χ2v) is 8.06. The minimum absolute atomic E-state index is 0.180. The molecule has 31 heavy (non-hydrogen) atoms. The van der Waals surface area contributed by atoms with Crippen LogP contribution >= 0.6 is 0 Å². The Labute approximate surface area is 182 Å². The first-order valence-electron chi connectivity index (χ1n) is 10.8. The summed E-state index contributed by atoms with van der Waals surface area (Å²) in [5.74, 6) is 0.180. The van der Waals surface area contributed by atoms with Crippen LogP contribution in [0, 0.1) is 0 Å². The largest absolute Gasteiger partial charge is 0.339 e. The Kier molecular flexibility index (Phi) is 5.50. The fraction of sp³-hybridized carbons (Fsp3) is 0.231. The van der Waals surface area contributed by atoms with Gasteiger partial charge in [-0.05, 0) is 29.3 Å². The van der Waals surface area contributed by atoms with Crippen molar-refractivity contribution < 1.29 is 4.79 Å². The first kappa shape index (κ1) is 19.5. The molecule has 5 rings (SSSR count). The molecule has 1 aliphatic heterocycles. The van der Waals surface area contributed by atoms with Gasteiger partial charge in [0.15, 0.2) is 0 Å². The van der Waals surface area contributed by atoms with Gasteiger partial charge in [0.05, 0.1) is 0 Å². The quantitative estimate of drug-likeness (QED) is 0.499. The van der Waals surface area contributed by atoms with Crippen molar-refractivity contribution in [3.8, 4) is 11.3 Å². The van der Waals surface area contributed by atoms with Gasteiger partial charge in [-0.15, -0.1) is 0 Å². The van der Waals surface area contributed by atoms with E-state index in [0.29, 0.717) is 6.54 Å². The van der Waals surface area contributed by atoms with Gasteiger partial charge in [-0.3, -0.25) is 14.7 Å². The average Bonchev–Trinajstić information content (AvgIpc) is 3.19. The van der Waals surface area contributed by atoms with E-state index in [9.17, 15) is 4.79 Å². The number of carbonyl (C=O) groups is 1. The van der Waals surface area contributed by atoms with Crippen molar-refractivity contribution in [2.75, 3.05) is 26.2 Å². The third-order valence-corrected chi connectivity index (χ3v) is 6.03. The normalized spacial score (nSPS) is 14.8. The third-order valence-electron chi connectivity index (χ3n) is 6.03. The van der Waals surface area contributed by atoms with Crippen LogP contribution in [0.3, 0.4) is 0 Å². The van der Waals surface area contributed by atoms with E-state index in [4.69, 9.17) is 0 Å². The monoisotopic (exact) mass is 410 g/mol. The lowest BCUT2D eigenvalue weighted by molar-refractivity contribution is -0.133. The van der Waals surface area contributed by atoms with Crippen LogP contribution in [0.15, 0.2) is 85.2 Å². The molecule has 1 fully saturated rings. The predicted molar refractivity (Wildman–Crippen MR) is 123 cm³/mol. The zero-order valence-electron chi connectivity index (χ0n) is 17.5. The Morgan fingerprint density at radius 3 is 2.42 bits per heavy atom. The summed E-state index contributed by atoms with van der Waals surface area (Å²) in [6, 6.07) is 24.9. The fourth-order valence-electron chi connectivity index (χ4n) is 4.37. The van der Waals surface area contributed by atoms with E-state index < -0.39 is 0 Å². The summed E-state index contributed by atoms with van der Waals surface area (Å²) >= 11 is 0. The lowest BCUT2D eigenvalue weighted by Gasteiger charge is -2.35. The SMILES string of the molecule is O=C(Cn1c(-c2ccccc2)cc2ccccc21)N1CCN(Cc2cccnc2)CC1. The summed E-state index contributed by atoms with van der Waals surface area (Å²) in [5.41, 5.74) is 4.54. The summed E-state index contributed by atoms with van der Waals surface area (Å²) in [7, 11) is 0. The highest BCUT2D eigenvalue weighted by atomic mass is 16.2. The Morgan fingerprint density at radius 1 is 0.871 bits per heavy atom. The number of pyridine rings is 1. The number of aromatic nitrogens is 2. The van der Waals surface area contributed by atoms with Crippen LogP contribution in [0.25, 0.3) is 22.2 Å². The molecule has 0 N–H and O–H groups in total. The fourth-order valence-corrected chi connectivity index (χ4v) is 4.37. The van der Waals surface area contributed by atoms with Crippen LogP contribution in [0.5, 0.6) is 0 Å². The van der Waals surface area contributed by atoms with Gasteiger partial charge in [-0.2, -0.15) is 0 Å². The molecule has 5 heteroatoms. The number of rotatable bonds is 5. The molecule has 0 aliphatic carbocycles. The number of hydrogen-bond donors (Lipinski definition) is 0. The molecule has 4 aromatic rings. The number of nitrogens with zero attached hydrogens (tertiary/aromatic N) is 4. The average molecular weight is 411 g/mol. The highest BCUT2D eigenvalue weighted by Crippen LogP contribution is 2.28. The molecule has 1 aliphatic rings. The summed E-state index contributed by atoms with van der Waals surface area (Å²) in [6.45, 7) is 4.55. The van der Waals surface area contributed by atoms with E-state index in [2.05, 4.69) is 50.8 Å². The Balaban J connectivity index is 1.31. The number of piperazine rings is 1. The molecule has 0 saturated carbocycles. The Hall–Kier alpha value is -3.44. The van der Waals surface area contributed by atoms with Gasteiger partial charge in [0.25, 0.3) is 0 Å². The van der Waals surface area contributed by atoms with Gasteiger partial charge < -0.3 is 9.47 Å². The molecule has 0 atom stereocenters. The molecule has 1 saturated heterocycles. The second-order valence-electron chi connectivity index (χ2n) is 8.06. The molecule has 2 aromatic heterocycles. The number of carbonyl (C=O) groups excluding carboxylic acids is 1. The highest BCUT2D eigenvalue weighted by Gasteiger charge is 2.23. The lowest BCUT2D eigenvalue weighted by Crippen LogP contribution is -2.49. The zero-order valence-corrected chi connectivity index (χ0v) is 17.5. The summed E-state index contributed by atoms with van der Waals surface area (Å²) in [6.07, 6.45) is 3.72. The van der Waals surface area contributed by atoms with Crippen molar-refractivity contribution >= 4 is 16.8 Å². The van der Waals surface area contributed by atoms with Gasteiger partial charge in [0, 0.05) is 61.7 Å². The van der Waals surface area contributed by atoms with E-state index in [1.165, 1.54) is 5.56 Å².